The largest absolute Gasteiger partial charge is 0.489 e. The second-order valence-corrected chi connectivity index (χ2v) is 6.44. The van der Waals surface area contributed by atoms with Gasteiger partial charge in [0.25, 0.3) is 5.91 Å². The van der Waals surface area contributed by atoms with Crippen molar-refractivity contribution in [2.45, 2.75) is 12.8 Å². The van der Waals surface area contributed by atoms with E-state index in [1.807, 2.05) is 12.1 Å². The summed E-state index contributed by atoms with van der Waals surface area (Å²) < 4.78 is 15.8. The van der Waals surface area contributed by atoms with E-state index >= 15 is 0 Å². The summed E-state index contributed by atoms with van der Waals surface area (Å²) in [6.07, 6.45) is 1.40. The van der Waals surface area contributed by atoms with Crippen molar-refractivity contribution in [2.24, 2.45) is 0 Å². The predicted molar refractivity (Wildman–Crippen MR) is 101 cm³/mol. The van der Waals surface area contributed by atoms with Gasteiger partial charge in [0.1, 0.15) is 0 Å². The fourth-order valence-corrected chi connectivity index (χ4v) is 2.97. The third-order valence-electron chi connectivity index (χ3n) is 4.14. The van der Waals surface area contributed by atoms with Crippen LogP contribution in [-0.4, -0.2) is 38.7 Å². The summed E-state index contributed by atoms with van der Waals surface area (Å²) in [6, 6.07) is 10.3. The van der Waals surface area contributed by atoms with Crippen molar-refractivity contribution in [3.63, 3.8) is 0 Å². The molecule has 0 radical (unpaired) electrons. The summed E-state index contributed by atoms with van der Waals surface area (Å²) >= 11 is 6.22. The number of hydrogen-bond acceptors (Lipinski definition) is 5. The lowest BCUT2D eigenvalue weighted by atomic mass is 10.1. The number of carbonyl (C=O) groups is 2. The first kappa shape index (κ1) is 19.0. The summed E-state index contributed by atoms with van der Waals surface area (Å²) in [4.78, 5) is 23.8. The Morgan fingerprint density at radius 1 is 1.11 bits per heavy atom. The first-order valence-corrected chi connectivity index (χ1v) is 9.01. The lowest BCUT2D eigenvalue weighted by Crippen LogP contribution is -2.25. The van der Waals surface area contributed by atoms with Gasteiger partial charge in [0.15, 0.2) is 11.5 Å². The molecule has 0 spiro atoms. The number of nitrogens with one attached hydrogen (secondary N) is 1. The molecule has 1 N–H and O–H groups in total. The number of hydrogen-bond donors (Lipinski definition) is 1. The second kappa shape index (κ2) is 8.77. The maximum Gasteiger partial charge on any atom is 0.337 e. The molecule has 3 rings (SSSR count). The van der Waals surface area contributed by atoms with Gasteiger partial charge in [-0.3, -0.25) is 4.79 Å². The summed E-state index contributed by atoms with van der Waals surface area (Å²) in [5.41, 5.74) is 1.91. The molecule has 0 fully saturated rings. The molecule has 0 saturated carbocycles. The van der Waals surface area contributed by atoms with Crippen LogP contribution >= 0.6 is 11.6 Å². The van der Waals surface area contributed by atoms with Gasteiger partial charge in [0.2, 0.25) is 0 Å². The summed E-state index contributed by atoms with van der Waals surface area (Å²) in [5, 5.41) is 3.22. The van der Waals surface area contributed by atoms with Crippen molar-refractivity contribution < 1.29 is 23.8 Å². The van der Waals surface area contributed by atoms with Gasteiger partial charge in [0.05, 0.1) is 30.9 Å². The van der Waals surface area contributed by atoms with Crippen molar-refractivity contribution in [2.75, 3.05) is 26.9 Å². The number of fused-ring (bicyclic) bond motifs is 1. The van der Waals surface area contributed by atoms with Gasteiger partial charge in [0, 0.05) is 18.5 Å². The standard InChI is InChI=1S/C20H20ClNO5/c1-25-20(24)14-5-3-13(4-6-14)7-8-22-19(23)15-11-16(21)18-17(12-15)26-9-2-10-27-18/h3-6,11-12H,2,7-10H2,1H3,(H,22,23). The molecular weight excluding hydrogens is 370 g/mol. The lowest BCUT2D eigenvalue weighted by molar-refractivity contribution is 0.0600. The minimum absolute atomic E-state index is 0.237. The van der Waals surface area contributed by atoms with E-state index in [9.17, 15) is 9.59 Å². The highest BCUT2D eigenvalue weighted by atomic mass is 35.5. The molecule has 142 valence electrons. The van der Waals surface area contributed by atoms with E-state index in [1.165, 1.54) is 7.11 Å². The fourth-order valence-electron chi connectivity index (χ4n) is 2.71. The van der Waals surface area contributed by atoms with E-state index in [0.717, 1.165) is 12.0 Å². The molecule has 1 heterocycles. The third-order valence-corrected chi connectivity index (χ3v) is 4.42. The second-order valence-electron chi connectivity index (χ2n) is 6.03. The van der Waals surface area contributed by atoms with Crippen molar-refractivity contribution >= 4 is 23.5 Å². The number of carbonyl (C=O) groups excluding carboxylic acids is 2. The molecule has 0 unspecified atom stereocenters. The zero-order valence-corrected chi connectivity index (χ0v) is 15.7. The van der Waals surface area contributed by atoms with Crippen LogP contribution in [0.5, 0.6) is 11.5 Å². The summed E-state index contributed by atoms with van der Waals surface area (Å²) in [7, 11) is 1.34. The number of benzene rings is 2. The number of halogens is 1. The number of ether oxygens (including phenoxy) is 3. The van der Waals surface area contributed by atoms with Crippen LogP contribution in [-0.2, 0) is 11.2 Å². The number of rotatable bonds is 5. The number of amides is 1. The van der Waals surface area contributed by atoms with Gasteiger partial charge in [-0.2, -0.15) is 0 Å². The number of esters is 1. The smallest absolute Gasteiger partial charge is 0.337 e. The Morgan fingerprint density at radius 3 is 2.59 bits per heavy atom. The lowest BCUT2D eigenvalue weighted by Gasteiger charge is -2.12. The van der Waals surface area contributed by atoms with E-state index in [-0.39, 0.29) is 11.9 Å². The molecule has 0 saturated heterocycles. The topological polar surface area (TPSA) is 73.9 Å². The van der Waals surface area contributed by atoms with Crippen LogP contribution in [0.3, 0.4) is 0 Å². The molecule has 1 aliphatic heterocycles. The molecule has 0 aliphatic carbocycles. The van der Waals surface area contributed by atoms with Crippen molar-refractivity contribution in [3.8, 4) is 11.5 Å². The first-order chi connectivity index (χ1) is 13.1. The van der Waals surface area contributed by atoms with Gasteiger partial charge in [-0.05, 0) is 36.2 Å². The van der Waals surface area contributed by atoms with E-state index in [0.29, 0.717) is 53.8 Å². The monoisotopic (exact) mass is 389 g/mol. The molecule has 2 aromatic rings. The minimum atomic E-state index is -0.374. The van der Waals surface area contributed by atoms with Gasteiger partial charge >= 0.3 is 5.97 Å². The molecule has 1 aliphatic rings. The Hall–Kier alpha value is -2.73. The predicted octanol–water partition coefficient (Wildman–Crippen LogP) is 3.26. The highest BCUT2D eigenvalue weighted by Gasteiger charge is 2.18. The van der Waals surface area contributed by atoms with Gasteiger partial charge < -0.3 is 19.5 Å². The molecule has 0 bridgehead atoms. The summed E-state index contributed by atoms with van der Waals surface area (Å²) in [5.74, 6) is 0.361. The zero-order valence-electron chi connectivity index (χ0n) is 14.9. The van der Waals surface area contributed by atoms with E-state index in [1.54, 1.807) is 24.3 Å². The van der Waals surface area contributed by atoms with Crippen LogP contribution in [0.1, 0.15) is 32.7 Å². The maximum absolute atomic E-state index is 12.4. The van der Waals surface area contributed by atoms with Gasteiger partial charge in [-0.15, -0.1) is 0 Å². The molecule has 7 heteroatoms. The molecule has 0 aromatic heterocycles. The van der Waals surface area contributed by atoms with Crippen LogP contribution in [0.15, 0.2) is 36.4 Å². The van der Waals surface area contributed by atoms with E-state index in [4.69, 9.17) is 21.1 Å². The molecule has 1 amide bonds. The Bertz CT molecular complexity index is 835. The quantitative estimate of drug-likeness (QED) is 0.794. The Kier molecular flexibility index (Phi) is 6.19. The van der Waals surface area contributed by atoms with E-state index in [2.05, 4.69) is 10.1 Å². The molecular formula is C20H20ClNO5. The van der Waals surface area contributed by atoms with Crippen LogP contribution in [0.4, 0.5) is 0 Å². The van der Waals surface area contributed by atoms with Crippen LogP contribution < -0.4 is 14.8 Å². The highest BCUT2D eigenvalue weighted by molar-refractivity contribution is 6.32. The molecule has 6 nitrogen and oxygen atoms in total. The van der Waals surface area contributed by atoms with E-state index < -0.39 is 0 Å². The van der Waals surface area contributed by atoms with Crippen LogP contribution in [0.2, 0.25) is 5.02 Å². The molecule has 2 aromatic carbocycles. The van der Waals surface area contributed by atoms with Crippen LogP contribution in [0, 0.1) is 0 Å². The first-order valence-electron chi connectivity index (χ1n) is 8.63. The highest BCUT2D eigenvalue weighted by Crippen LogP contribution is 2.37. The van der Waals surface area contributed by atoms with Gasteiger partial charge in [-0.25, -0.2) is 4.79 Å². The maximum atomic E-state index is 12.4. The Labute approximate surface area is 162 Å². The normalized spacial score (nSPS) is 12.8. The third kappa shape index (κ3) is 4.71. The minimum Gasteiger partial charge on any atom is -0.489 e. The fraction of sp³-hybridized carbons (Fsp3) is 0.300. The number of methoxy groups -OCH3 is 1. The van der Waals surface area contributed by atoms with Crippen molar-refractivity contribution in [3.05, 3.63) is 58.1 Å². The average Bonchev–Trinajstić information content (AvgIpc) is 2.93. The van der Waals surface area contributed by atoms with Crippen molar-refractivity contribution in [1.82, 2.24) is 5.32 Å². The average molecular weight is 390 g/mol. The Balaban J connectivity index is 1.59. The Morgan fingerprint density at radius 2 is 1.85 bits per heavy atom. The molecule has 0 atom stereocenters. The summed E-state index contributed by atoms with van der Waals surface area (Å²) in [6.45, 7) is 1.51. The van der Waals surface area contributed by atoms with Crippen LogP contribution in [0.25, 0.3) is 0 Å². The van der Waals surface area contributed by atoms with Crippen molar-refractivity contribution in [1.29, 1.82) is 0 Å². The zero-order chi connectivity index (χ0) is 19.2. The van der Waals surface area contributed by atoms with Gasteiger partial charge in [-0.1, -0.05) is 23.7 Å². The SMILES string of the molecule is COC(=O)c1ccc(CCNC(=O)c2cc(Cl)c3c(c2)OCCCO3)cc1. The molecule has 27 heavy (non-hydrogen) atoms.